The van der Waals surface area contributed by atoms with Crippen LogP contribution in [0.25, 0.3) is 10.2 Å². The van der Waals surface area contributed by atoms with E-state index in [4.69, 9.17) is 0 Å². The minimum absolute atomic E-state index is 0.702. The summed E-state index contributed by atoms with van der Waals surface area (Å²) >= 11 is 1.70. The third-order valence-corrected chi connectivity index (χ3v) is 3.14. The molecule has 4 nitrogen and oxygen atoms in total. The zero-order valence-corrected chi connectivity index (χ0v) is 10.6. The van der Waals surface area contributed by atoms with Crippen molar-refractivity contribution in [1.82, 2.24) is 9.97 Å². The molecule has 0 aliphatic carbocycles. The zero-order chi connectivity index (χ0) is 11.5. The van der Waals surface area contributed by atoms with Gasteiger partial charge in [-0.1, -0.05) is 0 Å². The highest BCUT2D eigenvalue weighted by molar-refractivity contribution is 7.18. The predicted molar refractivity (Wildman–Crippen MR) is 70.5 cm³/mol. The van der Waals surface area contributed by atoms with E-state index < -0.39 is 0 Å². The second-order valence-electron chi connectivity index (χ2n) is 3.53. The van der Waals surface area contributed by atoms with E-state index in [1.165, 1.54) is 4.88 Å². The molecule has 0 unspecified atom stereocenters. The van der Waals surface area contributed by atoms with E-state index in [1.807, 2.05) is 6.92 Å². The van der Waals surface area contributed by atoms with Crippen LogP contribution in [0.3, 0.4) is 0 Å². The zero-order valence-electron chi connectivity index (χ0n) is 9.79. The molecular weight excluding hydrogens is 220 g/mol. The summed E-state index contributed by atoms with van der Waals surface area (Å²) in [5, 5.41) is 7.55. The first kappa shape index (κ1) is 11.1. The standard InChI is InChI=1S/C11H16N4S/c1-4-12-9-8-6-7(3)16-10(8)15-11(14-9)13-5-2/h6H,4-5H2,1-3H3,(H2,12,13,14,15). The number of hydrogen-bond donors (Lipinski definition) is 2. The number of hydrogen-bond acceptors (Lipinski definition) is 5. The van der Waals surface area contributed by atoms with Crippen molar-refractivity contribution in [3.63, 3.8) is 0 Å². The Hall–Kier alpha value is -1.36. The van der Waals surface area contributed by atoms with Crippen LogP contribution in [0.5, 0.6) is 0 Å². The molecule has 0 spiro atoms. The molecule has 0 aliphatic heterocycles. The van der Waals surface area contributed by atoms with Crippen molar-refractivity contribution < 1.29 is 0 Å². The van der Waals surface area contributed by atoms with Crippen LogP contribution < -0.4 is 10.6 Å². The fourth-order valence-electron chi connectivity index (χ4n) is 1.58. The molecule has 0 saturated carbocycles. The second-order valence-corrected chi connectivity index (χ2v) is 4.77. The van der Waals surface area contributed by atoms with Gasteiger partial charge in [-0.05, 0) is 26.8 Å². The van der Waals surface area contributed by atoms with E-state index in [-0.39, 0.29) is 0 Å². The maximum absolute atomic E-state index is 4.48. The van der Waals surface area contributed by atoms with Crippen molar-refractivity contribution >= 4 is 33.3 Å². The second kappa shape index (κ2) is 4.65. The van der Waals surface area contributed by atoms with Crippen molar-refractivity contribution in [2.45, 2.75) is 20.8 Å². The molecule has 0 bridgehead atoms. The molecule has 0 saturated heterocycles. The number of rotatable bonds is 4. The number of fused-ring (bicyclic) bond motifs is 1. The number of aryl methyl sites for hydroxylation is 1. The molecular formula is C11H16N4S. The lowest BCUT2D eigenvalue weighted by Crippen LogP contribution is -2.06. The summed E-state index contributed by atoms with van der Waals surface area (Å²) in [4.78, 5) is 11.3. The highest BCUT2D eigenvalue weighted by atomic mass is 32.1. The summed E-state index contributed by atoms with van der Waals surface area (Å²) in [6, 6.07) is 2.13. The summed E-state index contributed by atoms with van der Waals surface area (Å²) in [5.74, 6) is 1.63. The molecule has 0 aliphatic rings. The minimum Gasteiger partial charge on any atom is -0.370 e. The van der Waals surface area contributed by atoms with Crippen LogP contribution in [0.15, 0.2) is 6.07 Å². The van der Waals surface area contributed by atoms with Gasteiger partial charge in [-0.2, -0.15) is 4.98 Å². The van der Waals surface area contributed by atoms with Crippen molar-refractivity contribution in [3.05, 3.63) is 10.9 Å². The molecule has 2 heterocycles. The van der Waals surface area contributed by atoms with Crippen molar-refractivity contribution in [1.29, 1.82) is 0 Å². The van der Waals surface area contributed by atoms with Gasteiger partial charge in [-0.25, -0.2) is 4.98 Å². The molecule has 16 heavy (non-hydrogen) atoms. The average Bonchev–Trinajstić information content (AvgIpc) is 2.60. The van der Waals surface area contributed by atoms with Gasteiger partial charge in [0.2, 0.25) is 5.95 Å². The Morgan fingerprint density at radius 2 is 1.94 bits per heavy atom. The molecule has 2 rings (SSSR count). The summed E-state index contributed by atoms with van der Waals surface area (Å²) in [6.07, 6.45) is 0. The summed E-state index contributed by atoms with van der Waals surface area (Å²) in [5.41, 5.74) is 0. The van der Waals surface area contributed by atoms with Gasteiger partial charge in [0.1, 0.15) is 10.6 Å². The van der Waals surface area contributed by atoms with Crippen LogP contribution in [0.1, 0.15) is 18.7 Å². The summed E-state index contributed by atoms with van der Waals surface area (Å²) in [7, 11) is 0. The lowest BCUT2D eigenvalue weighted by molar-refractivity contribution is 1.09. The van der Waals surface area contributed by atoms with Gasteiger partial charge in [0.25, 0.3) is 0 Å². The van der Waals surface area contributed by atoms with Gasteiger partial charge in [0.15, 0.2) is 0 Å². The summed E-state index contributed by atoms with van der Waals surface area (Å²) < 4.78 is 0. The van der Waals surface area contributed by atoms with Crippen molar-refractivity contribution in [2.24, 2.45) is 0 Å². The van der Waals surface area contributed by atoms with E-state index in [0.29, 0.717) is 5.95 Å². The molecule has 0 fully saturated rings. The number of nitrogens with one attached hydrogen (secondary N) is 2. The lowest BCUT2D eigenvalue weighted by Gasteiger charge is -2.07. The maximum Gasteiger partial charge on any atom is 0.226 e. The van der Waals surface area contributed by atoms with Crippen LogP contribution in [0.2, 0.25) is 0 Å². The van der Waals surface area contributed by atoms with Crippen LogP contribution in [0, 0.1) is 6.92 Å². The third kappa shape index (κ3) is 2.09. The number of aromatic nitrogens is 2. The minimum atomic E-state index is 0.702. The van der Waals surface area contributed by atoms with Gasteiger partial charge in [0, 0.05) is 18.0 Å². The topological polar surface area (TPSA) is 49.8 Å². The van der Waals surface area contributed by atoms with Gasteiger partial charge in [-0.3, -0.25) is 0 Å². The average molecular weight is 236 g/mol. The van der Waals surface area contributed by atoms with Gasteiger partial charge >= 0.3 is 0 Å². The monoisotopic (exact) mass is 236 g/mol. The van der Waals surface area contributed by atoms with Gasteiger partial charge in [0.05, 0.1) is 5.39 Å². The maximum atomic E-state index is 4.48. The Kier molecular flexibility index (Phi) is 3.24. The van der Waals surface area contributed by atoms with Crippen LogP contribution in [-0.4, -0.2) is 23.1 Å². The summed E-state index contributed by atoms with van der Waals surface area (Å²) in [6.45, 7) is 7.91. The normalized spacial score (nSPS) is 10.7. The van der Waals surface area contributed by atoms with Gasteiger partial charge < -0.3 is 10.6 Å². The quantitative estimate of drug-likeness (QED) is 0.857. The van der Waals surface area contributed by atoms with Crippen LogP contribution in [-0.2, 0) is 0 Å². The molecule has 0 radical (unpaired) electrons. The molecule has 2 N–H and O–H groups in total. The number of anilines is 2. The van der Waals surface area contributed by atoms with Crippen LogP contribution in [0.4, 0.5) is 11.8 Å². The number of thiophene rings is 1. The fourth-order valence-corrected chi connectivity index (χ4v) is 2.46. The molecule has 0 aromatic carbocycles. The van der Waals surface area contributed by atoms with E-state index in [2.05, 4.69) is 40.5 Å². The largest absolute Gasteiger partial charge is 0.370 e. The molecule has 5 heteroatoms. The van der Waals surface area contributed by atoms with Crippen molar-refractivity contribution in [2.75, 3.05) is 23.7 Å². The SMILES string of the molecule is CCNc1nc(NCC)c2cc(C)sc2n1. The Labute approximate surface area is 99.1 Å². The smallest absolute Gasteiger partial charge is 0.226 e. The lowest BCUT2D eigenvalue weighted by atomic mass is 10.3. The molecule has 0 amide bonds. The van der Waals surface area contributed by atoms with Crippen LogP contribution >= 0.6 is 11.3 Å². The molecule has 86 valence electrons. The number of nitrogens with zero attached hydrogens (tertiary/aromatic N) is 2. The first-order chi connectivity index (χ1) is 7.74. The van der Waals surface area contributed by atoms with E-state index in [1.54, 1.807) is 11.3 Å². The Morgan fingerprint density at radius 1 is 1.19 bits per heavy atom. The van der Waals surface area contributed by atoms with Gasteiger partial charge in [-0.15, -0.1) is 11.3 Å². The van der Waals surface area contributed by atoms with Crippen molar-refractivity contribution in [3.8, 4) is 0 Å². The molecule has 2 aromatic rings. The van der Waals surface area contributed by atoms with E-state index in [0.717, 1.165) is 29.1 Å². The first-order valence-corrected chi connectivity index (χ1v) is 6.32. The molecule has 2 aromatic heterocycles. The Morgan fingerprint density at radius 3 is 2.62 bits per heavy atom. The highest BCUT2D eigenvalue weighted by Crippen LogP contribution is 2.29. The van der Waals surface area contributed by atoms with E-state index >= 15 is 0 Å². The Bertz CT molecular complexity index is 492. The third-order valence-electron chi connectivity index (χ3n) is 2.20. The van der Waals surface area contributed by atoms with E-state index in [9.17, 15) is 0 Å². The Balaban J connectivity index is 2.53. The first-order valence-electron chi connectivity index (χ1n) is 5.50. The molecule has 0 atom stereocenters. The predicted octanol–water partition coefficient (Wildman–Crippen LogP) is 2.86. The fraction of sp³-hybridized carbons (Fsp3) is 0.455. The highest BCUT2D eigenvalue weighted by Gasteiger charge is 2.09.